The van der Waals surface area contributed by atoms with Gasteiger partial charge in [-0.1, -0.05) is 15.9 Å². The average molecular weight is 429 g/mol. The smallest absolute Gasteiger partial charge is 0.241 e. The second-order valence-electron chi connectivity index (χ2n) is 4.59. The first kappa shape index (κ1) is 16.4. The molecule has 0 aliphatic carbocycles. The van der Waals surface area contributed by atoms with E-state index in [4.69, 9.17) is 9.47 Å². The highest BCUT2D eigenvalue weighted by atomic mass is 79.9. The predicted octanol–water partition coefficient (Wildman–Crippen LogP) is 2.30. The number of halogens is 2. The van der Waals surface area contributed by atoms with Gasteiger partial charge in [0.2, 0.25) is 10.0 Å². The van der Waals surface area contributed by atoms with Crippen LogP contribution in [0.25, 0.3) is 0 Å². The SMILES string of the molecule is COC1(CNS(=O)(=O)c2ccc(Br)cc2Br)CCOC1. The molecule has 2 rings (SSSR count). The molecule has 0 saturated carbocycles. The van der Waals surface area contributed by atoms with Crippen LogP contribution in [0.15, 0.2) is 32.0 Å². The van der Waals surface area contributed by atoms with E-state index in [0.717, 1.165) is 4.47 Å². The first-order chi connectivity index (χ1) is 9.38. The van der Waals surface area contributed by atoms with Gasteiger partial charge < -0.3 is 9.47 Å². The van der Waals surface area contributed by atoms with E-state index in [1.165, 1.54) is 0 Å². The van der Waals surface area contributed by atoms with Gasteiger partial charge in [-0.25, -0.2) is 13.1 Å². The van der Waals surface area contributed by atoms with Crippen molar-refractivity contribution in [1.82, 2.24) is 4.72 Å². The van der Waals surface area contributed by atoms with Gasteiger partial charge in [-0.3, -0.25) is 0 Å². The molecule has 1 atom stereocenters. The summed E-state index contributed by atoms with van der Waals surface area (Å²) in [6, 6.07) is 4.92. The van der Waals surface area contributed by atoms with Crippen LogP contribution in [0, 0.1) is 0 Å². The topological polar surface area (TPSA) is 64.6 Å². The van der Waals surface area contributed by atoms with Gasteiger partial charge in [-0.2, -0.15) is 0 Å². The van der Waals surface area contributed by atoms with Crippen LogP contribution in [0.5, 0.6) is 0 Å². The second kappa shape index (κ2) is 6.41. The van der Waals surface area contributed by atoms with Crippen molar-refractivity contribution in [3.63, 3.8) is 0 Å². The number of sulfonamides is 1. The molecule has 0 radical (unpaired) electrons. The zero-order valence-corrected chi connectivity index (χ0v) is 14.8. The monoisotopic (exact) mass is 427 g/mol. The van der Waals surface area contributed by atoms with Crippen LogP contribution in [0.4, 0.5) is 0 Å². The number of rotatable bonds is 5. The molecular weight excluding hydrogens is 414 g/mol. The van der Waals surface area contributed by atoms with Gasteiger partial charge in [-0.05, 0) is 34.1 Å². The lowest BCUT2D eigenvalue weighted by Gasteiger charge is -2.25. The van der Waals surface area contributed by atoms with Crippen LogP contribution in [0.2, 0.25) is 0 Å². The first-order valence-electron chi connectivity index (χ1n) is 5.96. The maximum Gasteiger partial charge on any atom is 0.241 e. The molecule has 1 heterocycles. The predicted molar refractivity (Wildman–Crippen MR) is 82.2 cm³/mol. The van der Waals surface area contributed by atoms with Crippen LogP contribution in [0.1, 0.15) is 6.42 Å². The second-order valence-corrected chi connectivity index (χ2v) is 8.09. The van der Waals surface area contributed by atoms with Crippen molar-refractivity contribution >= 4 is 41.9 Å². The van der Waals surface area contributed by atoms with Gasteiger partial charge in [0.25, 0.3) is 0 Å². The summed E-state index contributed by atoms with van der Waals surface area (Å²) in [7, 11) is -2.03. The van der Waals surface area contributed by atoms with Crippen molar-refractivity contribution < 1.29 is 17.9 Å². The summed E-state index contributed by atoms with van der Waals surface area (Å²) in [5.41, 5.74) is -0.574. The van der Waals surface area contributed by atoms with E-state index in [1.807, 2.05) is 0 Å². The first-order valence-corrected chi connectivity index (χ1v) is 9.03. The largest absolute Gasteiger partial charge is 0.378 e. The number of nitrogens with one attached hydrogen (secondary N) is 1. The molecule has 1 fully saturated rings. The molecule has 1 unspecified atom stereocenters. The molecular formula is C12H15Br2NO4S. The van der Waals surface area contributed by atoms with Crippen LogP contribution >= 0.6 is 31.9 Å². The summed E-state index contributed by atoms with van der Waals surface area (Å²) < 4.78 is 39.3. The molecule has 8 heteroatoms. The number of hydrogen-bond acceptors (Lipinski definition) is 4. The van der Waals surface area contributed by atoms with E-state index in [1.54, 1.807) is 25.3 Å². The van der Waals surface area contributed by atoms with Gasteiger partial charge in [0.1, 0.15) is 5.60 Å². The molecule has 1 aromatic carbocycles. The molecule has 1 aliphatic heterocycles. The van der Waals surface area contributed by atoms with Crippen LogP contribution in [-0.4, -0.2) is 40.9 Å². The van der Waals surface area contributed by atoms with E-state index in [0.29, 0.717) is 24.1 Å². The third kappa shape index (κ3) is 3.61. The average Bonchev–Trinajstić information content (AvgIpc) is 2.85. The Balaban J connectivity index is 2.15. The Morgan fingerprint density at radius 1 is 1.45 bits per heavy atom. The van der Waals surface area contributed by atoms with Gasteiger partial charge in [0.05, 0.1) is 11.5 Å². The number of methoxy groups -OCH3 is 1. The zero-order chi connectivity index (χ0) is 14.8. The standard InChI is InChI=1S/C12H15Br2NO4S/c1-18-12(4-5-19-8-12)7-15-20(16,17)11-3-2-9(13)6-10(11)14/h2-3,6,15H,4-5,7-8H2,1H3. The zero-order valence-electron chi connectivity index (χ0n) is 10.9. The Morgan fingerprint density at radius 3 is 2.75 bits per heavy atom. The van der Waals surface area contributed by atoms with Crippen molar-refractivity contribution in [3.05, 3.63) is 27.1 Å². The van der Waals surface area contributed by atoms with Crippen molar-refractivity contribution in [2.75, 3.05) is 26.9 Å². The van der Waals surface area contributed by atoms with Crippen molar-refractivity contribution in [3.8, 4) is 0 Å². The fraction of sp³-hybridized carbons (Fsp3) is 0.500. The third-order valence-corrected chi connectivity index (χ3v) is 6.14. The summed E-state index contributed by atoms with van der Waals surface area (Å²) in [5.74, 6) is 0. The lowest BCUT2D eigenvalue weighted by Crippen LogP contribution is -2.45. The van der Waals surface area contributed by atoms with E-state index in [2.05, 4.69) is 36.6 Å². The quantitative estimate of drug-likeness (QED) is 0.781. The molecule has 0 spiro atoms. The van der Waals surface area contributed by atoms with Crippen molar-refractivity contribution in [2.24, 2.45) is 0 Å². The molecule has 1 N–H and O–H groups in total. The summed E-state index contributed by atoms with van der Waals surface area (Å²) >= 11 is 6.56. The fourth-order valence-electron chi connectivity index (χ4n) is 1.96. The summed E-state index contributed by atoms with van der Waals surface area (Å²) in [4.78, 5) is 0.200. The van der Waals surface area contributed by atoms with Gasteiger partial charge >= 0.3 is 0 Å². The van der Waals surface area contributed by atoms with Crippen LogP contribution < -0.4 is 4.72 Å². The molecule has 0 aromatic heterocycles. The van der Waals surface area contributed by atoms with Crippen molar-refractivity contribution in [1.29, 1.82) is 0 Å². The highest BCUT2D eigenvalue weighted by Crippen LogP contribution is 2.27. The molecule has 0 bridgehead atoms. The number of benzene rings is 1. The summed E-state index contributed by atoms with van der Waals surface area (Å²) in [6.07, 6.45) is 0.674. The maximum absolute atomic E-state index is 12.3. The Hall–Kier alpha value is 0.01000. The summed E-state index contributed by atoms with van der Waals surface area (Å²) in [6.45, 7) is 1.17. The van der Waals surface area contributed by atoms with Gasteiger partial charge in [0, 0.05) is 35.6 Å². The molecule has 1 aromatic rings. The molecule has 1 saturated heterocycles. The molecule has 112 valence electrons. The van der Waals surface area contributed by atoms with Crippen LogP contribution in [0.3, 0.4) is 0 Å². The fourth-order valence-corrected chi connectivity index (χ4v) is 4.82. The highest BCUT2D eigenvalue weighted by molar-refractivity contribution is 9.11. The minimum absolute atomic E-state index is 0.189. The number of ether oxygens (including phenoxy) is 2. The van der Waals surface area contributed by atoms with E-state index < -0.39 is 15.6 Å². The Morgan fingerprint density at radius 2 is 2.20 bits per heavy atom. The lowest BCUT2D eigenvalue weighted by molar-refractivity contribution is -0.0120. The Kier molecular flexibility index (Phi) is 5.25. The lowest BCUT2D eigenvalue weighted by atomic mass is 10.0. The summed E-state index contributed by atoms with van der Waals surface area (Å²) in [5, 5.41) is 0. The van der Waals surface area contributed by atoms with E-state index in [-0.39, 0.29) is 11.4 Å². The van der Waals surface area contributed by atoms with Gasteiger partial charge in [-0.15, -0.1) is 0 Å². The maximum atomic E-state index is 12.3. The highest BCUT2D eigenvalue weighted by Gasteiger charge is 2.36. The Bertz CT molecular complexity index is 585. The molecule has 5 nitrogen and oxygen atoms in total. The van der Waals surface area contributed by atoms with Crippen molar-refractivity contribution in [2.45, 2.75) is 16.9 Å². The molecule has 20 heavy (non-hydrogen) atoms. The molecule has 1 aliphatic rings. The minimum atomic E-state index is -3.60. The number of hydrogen-bond donors (Lipinski definition) is 1. The van der Waals surface area contributed by atoms with E-state index in [9.17, 15) is 8.42 Å². The van der Waals surface area contributed by atoms with Gasteiger partial charge in [0.15, 0.2) is 0 Å². The Labute approximate surface area is 135 Å². The normalized spacial score (nSPS) is 23.1. The minimum Gasteiger partial charge on any atom is -0.378 e. The molecule has 0 amide bonds. The van der Waals surface area contributed by atoms with Crippen LogP contribution in [-0.2, 0) is 19.5 Å². The van der Waals surface area contributed by atoms with E-state index >= 15 is 0 Å². The third-order valence-electron chi connectivity index (χ3n) is 3.27.